The summed E-state index contributed by atoms with van der Waals surface area (Å²) in [6.45, 7) is 4.70. The summed E-state index contributed by atoms with van der Waals surface area (Å²) in [6, 6.07) is 0. The number of carboxylic acid groups (broad SMARTS) is 2. The maximum atomic E-state index is 10.5. The summed E-state index contributed by atoms with van der Waals surface area (Å²) in [7, 11) is 0. The summed E-state index contributed by atoms with van der Waals surface area (Å²) in [6.07, 6.45) is -0.323. The number of hydrogen-bond acceptors (Lipinski definition) is 3. The van der Waals surface area contributed by atoms with Crippen LogP contribution in [0.5, 0.6) is 0 Å². The van der Waals surface area contributed by atoms with Gasteiger partial charge in [-0.05, 0) is 6.08 Å². The molecule has 0 aromatic rings. The second-order valence-electron chi connectivity index (χ2n) is 2.19. The molecule has 6 nitrogen and oxygen atoms in total. The van der Waals surface area contributed by atoms with Gasteiger partial charge in [-0.25, -0.2) is 4.79 Å². The molecule has 6 heteroatoms. The molecule has 1 aliphatic rings. The van der Waals surface area contributed by atoms with Gasteiger partial charge in [0.15, 0.2) is 0 Å². The van der Waals surface area contributed by atoms with Gasteiger partial charge in [-0.1, -0.05) is 6.58 Å². The number of carbonyl (C=O) groups excluding carboxylic acids is 1. The first-order chi connectivity index (χ1) is 6.06. The third-order valence-corrected chi connectivity index (χ3v) is 1.09. The van der Waals surface area contributed by atoms with Gasteiger partial charge >= 0.3 is 6.16 Å². The minimum absolute atomic E-state index is 0.134. The molecule has 1 rings (SSSR count). The highest BCUT2D eigenvalue weighted by atomic mass is 16.6. The van der Waals surface area contributed by atoms with Crippen molar-refractivity contribution in [2.45, 2.75) is 6.10 Å². The van der Waals surface area contributed by atoms with Crippen LogP contribution in [0.25, 0.3) is 0 Å². The SMILES string of the molecule is C=CC(=O)NCC1CO1.O=C(O)O. The van der Waals surface area contributed by atoms with Crippen molar-refractivity contribution in [1.82, 2.24) is 5.32 Å². The van der Waals surface area contributed by atoms with E-state index in [9.17, 15) is 4.79 Å². The van der Waals surface area contributed by atoms with Crippen LogP contribution in [0.4, 0.5) is 4.79 Å². The highest BCUT2D eigenvalue weighted by Gasteiger charge is 2.21. The molecular weight excluding hydrogens is 178 g/mol. The number of ether oxygens (including phenoxy) is 1. The van der Waals surface area contributed by atoms with Crippen LogP contribution in [0.1, 0.15) is 0 Å². The summed E-state index contributed by atoms with van der Waals surface area (Å²) in [5.41, 5.74) is 0. The Kier molecular flexibility index (Phi) is 5.29. The molecule has 0 aliphatic carbocycles. The molecule has 1 saturated heterocycles. The fraction of sp³-hybridized carbons (Fsp3) is 0.429. The Morgan fingerprint density at radius 1 is 1.62 bits per heavy atom. The van der Waals surface area contributed by atoms with Crippen LogP contribution >= 0.6 is 0 Å². The topological polar surface area (TPSA) is 99.2 Å². The van der Waals surface area contributed by atoms with E-state index >= 15 is 0 Å². The van der Waals surface area contributed by atoms with E-state index in [2.05, 4.69) is 11.9 Å². The van der Waals surface area contributed by atoms with Crippen molar-refractivity contribution in [3.05, 3.63) is 12.7 Å². The summed E-state index contributed by atoms with van der Waals surface area (Å²) < 4.78 is 4.85. The Balaban J connectivity index is 0.000000310. The van der Waals surface area contributed by atoms with Crippen LogP contribution in [0.2, 0.25) is 0 Å². The van der Waals surface area contributed by atoms with Crippen molar-refractivity contribution in [2.75, 3.05) is 13.2 Å². The standard InChI is InChI=1S/C6H9NO2.CH2O3/c1-2-6(8)7-3-5-4-9-5;2-1(3)4/h2,5H,1,3-4H2,(H,7,8);(H2,2,3,4). The Morgan fingerprint density at radius 2 is 2.08 bits per heavy atom. The fourth-order valence-corrected chi connectivity index (χ4v) is 0.472. The Morgan fingerprint density at radius 3 is 2.38 bits per heavy atom. The summed E-state index contributed by atoms with van der Waals surface area (Å²) in [5, 5.41) is 16.6. The normalized spacial score (nSPS) is 17.7. The average molecular weight is 189 g/mol. The van der Waals surface area contributed by atoms with E-state index in [0.717, 1.165) is 6.61 Å². The van der Waals surface area contributed by atoms with E-state index in [1.807, 2.05) is 0 Å². The largest absolute Gasteiger partial charge is 0.503 e. The number of amides is 1. The van der Waals surface area contributed by atoms with Crippen LogP contribution in [-0.4, -0.2) is 41.5 Å². The highest BCUT2D eigenvalue weighted by molar-refractivity contribution is 5.86. The molecule has 0 bridgehead atoms. The summed E-state index contributed by atoms with van der Waals surface area (Å²) >= 11 is 0. The lowest BCUT2D eigenvalue weighted by molar-refractivity contribution is -0.116. The second-order valence-corrected chi connectivity index (χ2v) is 2.19. The van der Waals surface area contributed by atoms with Gasteiger partial charge < -0.3 is 20.3 Å². The predicted octanol–water partition coefficient (Wildman–Crippen LogP) is -0.0902. The Bertz CT molecular complexity index is 195. The summed E-state index contributed by atoms with van der Waals surface area (Å²) in [5.74, 6) is -0.134. The van der Waals surface area contributed by atoms with Gasteiger partial charge in [0.05, 0.1) is 12.7 Å². The van der Waals surface area contributed by atoms with Crippen molar-refractivity contribution in [2.24, 2.45) is 0 Å². The van der Waals surface area contributed by atoms with E-state index in [1.165, 1.54) is 6.08 Å². The monoisotopic (exact) mass is 189 g/mol. The molecule has 0 radical (unpaired) electrons. The van der Waals surface area contributed by atoms with Crippen LogP contribution in [0.15, 0.2) is 12.7 Å². The van der Waals surface area contributed by atoms with Gasteiger partial charge in [-0.2, -0.15) is 0 Å². The number of epoxide rings is 1. The van der Waals surface area contributed by atoms with Gasteiger partial charge in [0.2, 0.25) is 5.91 Å². The lowest BCUT2D eigenvalue weighted by Gasteiger charge is -1.94. The minimum atomic E-state index is -1.83. The van der Waals surface area contributed by atoms with Gasteiger partial charge in [0.25, 0.3) is 0 Å². The van der Waals surface area contributed by atoms with Gasteiger partial charge in [-0.15, -0.1) is 0 Å². The Labute approximate surface area is 74.8 Å². The van der Waals surface area contributed by atoms with E-state index in [4.69, 9.17) is 19.7 Å². The van der Waals surface area contributed by atoms with Crippen molar-refractivity contribution < 1.29 is 24.5 Å². The summed E-state index contributed by atoms with van der Waals surface area (Å²) in [4.78, 5) is 19.0. The lowest BCUT2D eigenvalue weighted by Crippen LogP contribution is -2.25. The first-order valence-electron chi connectivity index (χ1n) is 3.50. The number of rotatable bonds is 3. The first kappa shape index (κ1) is 11.4. The zero-order valence-corrected chi connectivity index (χ0v) is 6.90. The van der Waals surface area contributed by atoms with E-state index in [-0.39, 0.29) is 12.0 Å². The molecule has 1 unspecified atom stereocenters. The quantitative estimate of drug-likeness (QED) is 0.425. The molecule has 1 amide bonds. The van der Waals surface area contributed by atoms with Crippen molar-refractivity contribution in [3.63, 3.8) is 0 Å². The maximum absolute atomic E-state index is 10.5. The van der Waals surface area contributed by atoms with E-state index < -0.39 is 6.16 Å². The molecule has 13 heavy (non-hydrogen) atoms. The molecule has 1 atom stereocenters. The van der Waals surface area contributed by atoms with E-state index in [0.29, 0.717) is 6.54 Å². The predicted molar refractivity (Wildman–Crippen MR) is 43.6 cm³/mol. The minimum Gasteiger partial charge on any atom is -0.450 e. The van der Waals surface area contributed by atoms with Crippen molar-refractivity contribution in [1.29, 1.82) is 0 Å². The third kappa shape index (κ3) is 10.4. The van der Waals surface area contributed by atoms with Crippen molar-refractivity contribution in [3.8, 4) is 0 Å². The molecule has 1 fully saturated rings. The van der Waals surface area contributed by atoms with Crippen LogP contribution in [0, 0.1) is 0 Å². The van der Waals surface area contributed by atoms with E-state index in [1.54, 1.807) is 0 Å². The second kappa shape index (κ2) is 6.01. The zero-order chi connectivity index (χ0) is 10.3. The van der Waals surface area contributed by atoms with Gasteiger partial charge in [0.1, 0.15) is 0 Å². The number of carbonyl (C=O) groups is 2. The Hall–Kier alpha value is -1.56. The molecule has 0 spiro atoms. The number of nitrogens with one attached hydrogen (secondary N) is 1. The molecule has 74 valence electrons. The van der Waals surface area contributed by atoms with Crippen LogP contribution in [0.3, 0.4) is 0 Å². The van der Waals surface area contributed by atoms with Gasteiger partial charge in [-0.3, -0.25) is 4.79 Å². The molecular formula is C7H11NO5. The molecule has 3 N–H and O–H groups in total. The highest BCUT2D eigenvalue weighted by Crippen LogP contribution is 2.05. The molecule has 1 aliphatic heterocycles. The third-order valence-electron chi connectivity index (χ3n) is 1.09. The van der Waals surface area contributed by atoms with Crippen LogP contribution < -0.4 is 5.32 Å². The molecule has 1 heterocycles. The molecule has 0 aromatic heterocycles. The smallest absolute Gasteiger partial charge is 0.450 e. The van der Waals surface area contributed by atoms with Crippen LogP contribution in [-0.2, 0) is 9.53 Å². The average Bonchev–Trinajstić information content (AvgIpc) is 2.82. The zero-order valence-electron chi connectivity index (χ0n) is 6.90. The lowest BCUT2D eigenvalue weighted by atomic mass is 10.4. The first-order valence-corrected chi connectivity index (χ1v) is 3.50. The van der Waals surface area contributed by atoms with Crippen molar-refractivity contribution >= 4 is 12.1 Å². The van der Waals surface area contributed by atoms with Gasteiger partial charge in [0, 0.05) is 6.54 Å². The maximum Gasteiger partial charge on any atom is 0.503 e. The molecule has 0 aromatic carbocycles. The number of hydrogen-bond donors (Lipinski definition) is 3. The fourth-order valence-electron chi connectivity index (χ4n) is 0.472. The molecule has 0 saturated carbocycles.